The van der Waals surface area contributed by atoms with Gasteiger partial charge in [-0.3, -0.25) is 0 Å². The lowest BCUT2D eigenvalue weighted by Crippen LogP contribution is -2.48. The van der Waals surface area contributed by atoms with E-state index in [1.807, 2.05) is 0 Å². The van der Waals surface area contributed by atoms with Crippen LogP contribution in [0.1, 0.15) is 40.0 Å². The number of likely N-dealkylation sites (tertiary alicyclic amines) is 1. The van der Waals surface area contributed by atoms with E-state index in [0.717, 1.165) is 6.61 Å². The molecule has 2 unspecified atom stereocenters. The van der Waals surface area contributed by atoms with Crippen molar-refractivity contribution in [3.63, 3.8) is 0 Å². The van der Waals surface area contributed by atoms with Gasteiger partial charge in [0.2, 0.25) is 0 Å². The second kappa shape index (κ2) is 8.06. The fourth-order valence-corrected chi connectivity index (χ4v) is 2.56. The molecule has 1 N–H and O–H groups in total. The van der Waals surface area contributed by atoms with Crippen molar-refractivity contribution in [1.82, 2.24) is 10.2 Å². The molecule has 1 saturated heterocycles. The number of hydrogen-bond donors (Lipinski definition) is 1. The lowest BCUT2D eigenvalue weighted by molar-refractivity contribution is 0.131. The zero-order valence-corrected chi connectivity index (χ0v) is 12.0. The summed E-state index contributed by atoms with van der Waals surface area (Å²) in [6.07, 6.45) is 4.16. The van der Waals surface area contributed by atoms with Crippen LogP contribution in [0.15, 0.2) is 0 Å². The molecule has 17 heavy (non-hydrogen) atoms. The number of ether oxygens (including phenoxy) is 1. The van der Waals surface area contributed by atoms with Crippen LogP contribution in [-0.4, -0.2) is 50.3 Å². The van der Waals surface area contributed by atoms with Gasteiger partial charge in [-0.25, -0.2) is 0 Å². The van der Waals surface area contributed by atoms with E-state index in [9.17, 15) is 0 Å². The molecule has 3 nitrogen and oxygen atoms in total. The van der Waals surface area contributed by atoms with Crippen LogP contribution in [0.2, 0.25) is 0 Å². The van der Waals surface area contributed by atoms with E-state index in [-0.39, 0.29) is 0 Å². The third-order valence-corrected chi connectivity index (χ3v) is 3.63. The predicted molar refractivity (Wildman–Crippen MR) is 73.4 cm³/mol. The Morgan fingerprint density at radius 1 is 1.12 bits per heavy atom. The van der Waals surface area contributed by atoms with Gasteiger partial charge in [0.25, 0.3) is 0 Å². The Morgan fingerprint density at radius 2 is 1.76 bits per heavy atom. The van der Waals surface area contributed by atoms with E-state index in [4.69, 9.17) is 4.74 Å². The third-order valence-electron chi connectivity index (χ3n) is 3.63. The molecule has 0 aliphatic carbocycles. The Balaban J connectivity index is 2.27. The quantitative estimate of drug-likeness (QED) is 0.740. The number of methoxy groups -OCH3 is 1. The van der Waals surface area contributed by atoms with Crippen LogP contribution in [0.3, 0.4) is 0 Å². The summed E-state index contributed by atoms with van der Waals surface area (Å²) >= 11 is 0. The Hall–Kier alpha value is -0.120. The van der Waals surface area contributed by atoms with E-state index in [1.54, 1.807) is 7.11 Å². The molecule has 102 valence electrons. The molecule has 1 heterocycles. The largest absolute Gasteiger partial charge is 0.383 e. The second-order valence-corrected chi connectivity index (χ2v) is 5.73. The van der Waals surface area contributed by atoms with Crippen molar-refractivity contribution in [3.05, 3.63) is 0 Å². The molecule has 0 amide bonds. The molecule has 1 rings (SSSR count). The molecule has 3 heteroatoms. The molecule has 0 aromatic carbocycles. The summed E-state index contributed by atoms with van der Waals surface area (Å²) < 4.78 is 5.28. The summed E-state index contributed by atoms with van der Waals surface area (Å²) in [6.45, 7) is 11.3. The molecular weight excluding hydrogens is 212 g/mol. The number of hydrogen-bond acceptors (Lipinski definition) is 3. The van der Waals surface area contributed by atoms with Crippen molar-refractivity contribution in [2.24, 2.45) is 5.92 Å². The predicted octanol–water partition coefficient (Wildman–Crippen LogP) is 2.12. The number of nitrogens with zero attached hydrogens (tertiary/aromatic N) is 1. The van der Waals surface area contributed by atoms with E-state index in [0.29, 0.717) is 18.0 Å². The fraction of sp³-hybridized carbons (Fsp3) is 1.00. The van der Waals surface area contributed by atoms with Gasteiger partial charge in [-0.15, -0.1) is 0 Å². The molecule has 1 fully saturated rings. The average molecular weight is 242 g/mol. The molecule has 0 bridgehead atoms. The van der Waals surface area contributed by atoms with Crippen LogP contribution in [-0.2, 0) is 4.74 Å². The minimum absolute atomic E-state index is 0.472. The van der Waals surface area contributed by atoms with E-state index in [2.05, 4.69) is 31.0 Å². The van der Waals surface area contributed by atoms with Crippen molar-refractivity contribution in [2.45, 2.75) is 52.1 Å². The molecule has 1 aliphatic heterocycles. The Morgan fingerprint density at radius 3 is 2.29 bits per heavy atom. The molecule has 0 saturated carbocycles. The van der Waals surface area contributed by atoms with Crippen molar-refractivity contribution in [3.8, 4) is 0 Å². The maximum Gasteiger partial charge on any atom is 0.0618 e. The summed E-state index contributed by atoms with van der Waals surface area (Å²) in [5.74, 6) is 0.624. The first kappa shape index (κ1) is 14.9. The van der Waals surface area contributed by atoms with Gasteiger partial charge in [-0.2, -0.15) is 0 Å². The van der Waals surface area contributed by atoms with Crippen LogP contribution in [0.25, 0.3) is 0 Å². The topological polar surface area (TPSA) is 24.5 Å². The number of piperidine rings is 1. The molecule has 0 aromatic heterocycles. The fourth-order valence-electron chi connectivity index (χ4n) is 2.56. The van der Waals surface area contributed by atoms with Gasteiger partial charge in [0.15, 0.2) is 0 Å². The smallest absolute Gasteiger partial charge is 0.0618 e. The lowest BCUT2D eigenvalue weighted by Gasteiger charge is -2.32. The first-order valence-electron chi connectivity index (χ1n) is 7.10. The van der Waals surface area contributed by atoms with Gasteiger partial charge >= 0.3 is 0 Å². The maximum atomic E-state index is 5.28. The van der Waals surface area contributed by atoms with Gasteiger partial charge in [-0.1, -0.05) is 20.3 Å². The highest BCUT2D eigenvalue weighted by atomic mass is 16.5. The summed E-state index contributed by atoms with van der Waals surface area (Å²) in [6, 6.07) is 1.02. The van der Waals surface area contributed by atoms with Gasteiger partial charge in [0.05, 0.1) is 6.61 Å². The van der Waals surface area contributed by atoms with E-state index < -0.39 is 0 Å². The summed E-state index contributed by atoms with van der Waals surface area (Å²) in [5.41, 5.74) is 0. The first-order valence-corrected chi connectivity index (χ1v) is 7.10. The summed E-state index contributed by atoms with van der Waals surface area (Å²) in [7, 11) is 1.78. The van der Waals surface area contributed by atoms with Crippen molar-refractivity contribution in [2.75, 3.05) is 33.4 Å². The molecule has 1 aliphatic rings. The molecule has 0 spiro atoms. The van der Waals surface area contributed by atoms with Gasteiger partial charge < -0.3 is 15.0 Å². The van der Waals surface area contributed by atoms with Crippen LogP contribution >= 0.6 is 0 Å². The highest BCUT2D eigenvalue weighted by molar-refractivity contribution is 4.77. The number of rotatable bonds is 7. The summed E-state index contributed by atoms with van der Waals surface area (Å²) in [4.78, 5) is 2.59. The normalized spacial score (nSPS) is 21.7. The lowest BCUT2D eigenvalue weighted by atomic mass is 10.0. The monoisotopic (exact) mass is 242 g/mol. The summed E-state index contributed by atoms with van der Waals surface area (Å²) in [5, 5.41) is 3.70. The van der Waals surface area contributed by atoms with Crippen molar-refractivity contribution >= 4 is 0 Å². The molecule has 0 radical (unpaired) electrons. The molecule has 2 atom stereocenters. The third kappa shape index (κ3) is 5.84. The SMILES string of the molecule is COCC(NC(C)CN1CCCCC1)C(C)C. The Kier molecular flexibility index (Phi) is 7.09. The zero-order valence-electron chi connectivity index (χ0n) is 12.0. The van der Waals surface area contributed by atoms with E-state index in [1.165, 1.54) is 38.9 Å². The average Bonchev–Trinajstić information content (AvgIpc) is 2.29. The minimum Gasteiger partial charge on any atom is -0.383 e. The Labute approximate surface area is 107 Å². The maximum absolute atomic E-state index is 5.28. The standard InChI is InChI=1S/C14H30N2O/c1-12(2)14(11-17-4)15-13(3)10-16-8-6-5-7-9-16/h12-15H,5-11H2,1-4H3. The zero-order chi connectivity index (χ0) is 12.7. The van der Waals surface area contributed by atoms with Crippen molar-refractivity contribution in [1.29, 1.82) is 0 Å². The van der Waals surface area contributed by atoms with Gasteiger partial charge in [-0.05, 0) is 38.8 Å². The van der Waals surface area contributed by atoms with E-state index >= 15 is 0 Å². The highest BCUT2D eigenvalue weighted by Gasteiger charge is 2.18. The Bertz CT molecular complexity index is 191. The van der Waals surface area contributed by atoms with Crippen LogP contribution < -0.4 is 5.32 Å². The van der Waals surface area contributed by atoms with Gasteiger partial charge in [0.1, 0.15) is 0 Å². The van der Waals surface area contributed by atoms with Crippen LogP contribution in [0.4, 0.5) is 0 Å². The van der Waals surface area contributed by atoms with Gasteiger partial charge in [0, 0.05) is 25.7 Å². The second-order valence-electron chi connectivity index (χ2n) is 5.73. The van der Waals surface area contributed by atoms with Crippen LogP contribution in [0.5, 0.6) is 0 Å². The minimum atomic E-state index is 0.472. The number of nitrogens with one attached hydrogen (secondary N) is 1. The first-order chi connectivity index (χ1) is 8.13. The van der Waals surface area contributed by atoms with Crippen molar-refractivity contribution < 1.29 is 4.74 Å². The molecular formula is C14H30N2O. The molecule has 0 aromatic rings. The van der Waals surface area contributed by atoms with Crippen LogP contribution in [0, 0.1) is 5.92 Å². The highest BCUT2D eigenvalue weighted by Crippen LogP contribution is 2.10.